The van der Waals surface area contributed by atoms with Gasteiger partial charge in [0.25, 0.3) is 11.8 Å². The molecule has 0 bridgehead atoms. The molecule has 2 N–H and O–H groups in total. The first-order chi connectivity index (χ1) is 12.8. The van der Waals surface area contributed by atoms with Crippen molar-refractivity contribution in [3.05, 3.63) is 41.6 Å². The van der Waals surface area contributed by atoms with E-state index in [1.165, 1.54) is 0 Å². The SMILES string of the molecule is Cn1nccc1-c1cc(C(=O)N2CC(F)(F)C[C@H]2C(N)=O)ccc1C1CC1. The van der Waals surface area contributed by atoms with Gasteiger partial charge in [-0.3, -0.25) is 14.3 Å². The molecule has 1 aromatic heterocycles. The second-order valence-electron chi connectivity index (χ2n) is 7.33. The van der Waals surface area contributed by atoms with Crippen molar-refractivity contribution in [2.24, 2.45) is 12.8 Å². The van der Waals surface area contributed by atoms with Gasteiger partial charge in [0, 0.05) is 30.8 Å². The van der Waals surface area contributed by atoms with E-state index in [0.29, 0.717) is 5.92 Å². The Morgan fingerprint density at radius 3 is 2.59 bits per heavy atom. The Balaban J connectivity index is 1.73. The lowest BCUT2D eigenvalue weighted by Gasteiger charge is -2.22. The Kier molecular flexibility index (Phi) is 4.01. The van der Waals surface area contributed by atoms with Gasteiger partial charge in [-0.15, -0.1) is 0 Å². The van der Waals surface area contributed by atoms with Gasteiger partial charge in [-0.1, -0.05) is 6.07 Å². The molecule has 1 atom stereocenters. The van der Waals surface area contributed by atoms with Crippen LogP contribution in [0.15, 0.2) is 30.5 Å². The summed E-state index contributed by atoms with van der Waals surface area (Å²) < 4.78 is 29.3. The van der Waals surface area contributed by atoms with Crippen molar-refractivity contribution in [3.8, 4) is 11.3 Å². The molecule has 2 fully saturated rings. The summed E-state index contributed by atoms with van der Waals surface area (Å²) in [4.78, 5) is 25.4. The number of benzene rings is 1. The fraction of sp³-hybridized carbons (Fsp3) is 0.421. The van der Waals surface area contributed by atoms with Crippen LogP contribution in [0, 0.1) is 0 Å². The van der Waals surface area contributed by atoms with Crippen molar-refractivity contribution < 1.29 is 18.4 Å². The molecule has 1 aromatic carbocycles. The molecule has 2 aliphatic rings. The van der Waals surface area contributed by atoms with E-state index in [-0.39, 0.29) is 5.56 Å². The molecule has 4 rings (SSSR count). The van der Waals surface area contributed by atoms with Crippen molar-refractivity contribution >= 4 is 11.8 Å². The van der Waals surface area contributed by atoms with E-state index in [1.807, 2.05) is 19.2 Å². The number of carbonyl (C=O) groups excluding carboxylic acids is 2. The predicted octanol–water partition coefficient (Wildman–Crippen LogP) is 2.30. The van der Waals surface area contributed by atoms with Crippen molar-refractivity contribution in [1.82, 2.24) is 14.7 Å². The summed E-state index contributed by atoms with van der Waals surface area (Å²) in [7, 11) is 1.81. The van der Waals surface area contributed by atoms with Crippen LogP contribution in [0.25, 0.3) is 11.3 Å². The van der Waals surface area contributed by atoms with E-state index in [0.717, 1.165) is 34.6 Å². The molecule has 6 nitrogen and oxygen atoms in total. The molecule has 8 heteroatoms. The number of halogens is 2. The molecular formula is C19H20F2N4O2. The number of aromatic nitrogens is 2. The molecule has 142 valence electrons. The fourth-order valence-corrected chi connectivity index (χ4v) is 3.75. The molecular weight excluding hydrogens is 354 g/mol. The summed E-state index contributed by atoms with van der Waals surface area (Å²) in [5.41, 5.74) is 8.35. The van der Waals surface area contributed by atoms with E-state index in [2.05, 4.69) is 5.10 Å². The van der Waals surface area contributed by atoms with Crippen LogP contribution in [0.1, 0.15) is 41.1 Å². The summed E-state index contributed by atoms with van der Waals surface area (Å²) in [5, 5.41) is 4.18. The van der Waals surface area contributed by atoms with Crippen molar-refractivity contribution in [2.75, 3.05) is 6.54 Å². The van der Waals surface area contributed by atoms with Gasteiger partial charge in [-0.25, -0.2) is 8.78 Å². The van der Waals surface area contributed by atoms with Gasteiger partial charge >= 0.3 is 0 Å². The fourth-order valence-electron chi connectivity index (χ4n) is 3.75. The van der Waals surface area contributed by atoms with Crippen molar-refractivity contribution in [3.63, 3.8) is 0 Å². The van der Waals surface area contributed by atoms with E-state index < -0.39 is 36.7 Å². The third-order valence-electron chi connectivity index (χ3n) is 5.27. The van der Waals surface area contributed by atoms with E-state index in [1.54, 1.807) is 23.0 Å². The number of carbonyl (C=O) groups is 2. The first-order valence-corrected chi connectivity index (χ1v) is 8.87. The van der Waals surface area contributed by atoms with Crippen LogP contribution >= 0.6 is 0 Å². The first-order valence-electron chi connectivity index (χ1n) is 8.87. The normalized spacial score (nSPS) is 21.4. The maximum Gasteiger partial charge on any atom is 0.267 e. The van der Waals surface area contributed by atoms with Gasteiger partial charge in [0.05, 0.1) is 12.2 Å². The largest absolute Gasteiger partial charge is 0.368 e. The Bertz CT molecular complexity index is 920. The Labute approximate surface area is 154 Å². The standard InChI is InChI=1S/C19H20F2N4O2/c1-24-15(6-7-23-24)14-8-12(4-5-13(14)11-2-3-11)18(27)25-10-19(20,21)9-16(25)17(22)26/h4-8,11,16H,2-3,9-10H2,1H3,(H2,22,26)/t16-/m0/s1. The monoisotopic (exact) mass is 374 g/mol. The van der Waals surface area contributed by atoms with Crippen LogP contribution in [-0.2, 0) is 11.8 Å². The van der Waals surface area contributed by atoms with Crippen LogP contribution in [-0.4, -0.2) is 45.0 Å². The Hall–Kier alpha value is -2.77. The van der Waals surface area contributed by atoms with E-state index >= 15 is 0 Å². The molecule has 2 heterocycles. The van der Waals surface area contributed by atoms with Crippen LogP contribution in [0.2, 0.25) is 0 Å². The third-order valence-corrected chi connectivity index (χ3v) is 5.27. The van der Waals surface area contributed by atoms with Gasteiger partial charge in [0.1, 0.15) is 6.04 Å². The van der Waals surface area contributed by atoms with Crippen molar-refractivity contribution in [2.45, 2.75) is 37.1 Å². The topological polar surface area (TPSA) is 81.2 Å². The number of primary amides is 1. The number of nitrogens with two attached hydrogens (primary N) is 1. The minimum absolute atomic E-state index is 0.263. The van der Waals surface area contributed by atoms with Crippen LogP contribution in [0.5, 0.6) is 0 Å². The lowest BCUT2D eigenvalue weighted by Crippen LogP contribution is -2.43. The molecule has 1 saturated heterocycles. The van der Waals surface area contributed by atoms with Gasteiger partial charge < -0.3 is 10.6 Å². The summed E-state index contributed by atoms with van der Waals surface area (Å²) in [6.45, 7) is -0.801. The number of hydrogen-bond donors (Lipinski definition) is 1. The maximum absolute atomic E-state index is 13.8. The zero-order valence-electron chi connectivity index (χ0n) is 14.9. The smallest absolute Gasteiger partial charge is 0.267 e. The quantitative estimate of drug-likeness (QED) is 0.892. The lowest BCUT2D eigenvalue weighted by molar-refractivity contribution is -0.121. The number of hydrogen-bond acceptors (Lipinski definition) is 3. The van der Waals surface area contributed by atoms with Crippen LogP contribution in [0.4, 0.5) is 8.78 Å². The van der Waals surface area contributed by atoms with Crippen LogP contribution < -0.4 is 5.73 Å². The molecule has 0 radical (unpaired) electrons. The minimum atomic E-state index is -3.12. The summed E-state index contributed by atoms with van der Waals surface area (Å²) in [6.07, 6.45) is 3.11. The van der Waals surface area contributed by atoms with Gasteiger partial charge in [0.15, 0.2) is 0 Å². The Morgan fingerprint density at radius 1 is 1.26 bits per heavy atom. The van der Waals surface area contributed by atoms with Gasteiger partial charge in [-0.05, 0) is 42.5 Å². The summed E-state index contributed by atoms with van der Waals surface area (Å²) in [5.74, 6) is -4.20. The highest BCUT2D eigenvalue weighted by atomic mass is 19.3. The highest BCUT2D eigenvalue weighted by molar-refractivity contribution is 5.99. The summed E-state index contributed by atoms with van der Waals surface area (Å²) in [6, 6.07) is 5.79. The zero-order valence-corrected chi connectivity index (χ0v) is 14.9. The second-order valence-corrected chi connectivity index (χ2v) is 7.33. The third kappa shape index (κ3) is 3.20. The molecule has 0 spiro atoms. The number of likely N-dealkylation sites (tertiary alicyclic amines) is 1. The molecule has 1 aliphatic heterocycles. The predicted molar refractivity (Wildman–Crippen MR) is 94.2 cm³/mol. The van der Waals surface area contributed by atoms with E-state index in [4.69, 9.17) is 5.73 Å². The lowest BCUT2D eigenvalue weighted by atomic mass is 9.97. The van der Waals surface area contributed by atoms with Gasteiger partial charge in [-0.2, -0.15) is 5.10 Å². The Morgan fingerprint density at radius 2 is 2.00 bits per heavy atom. The molecule has 27 heavy (non-hydrogen) atoms. The zero-order chi connectivity index (χ0) is 19.3. The summed E-state index contributed by atoms with van der Waals surface area (Å²) >= 11 is 0. The molecule has 2 aromatic rings. The first kappa shape index (κ1) is 17.6. The number of aryl methyl sites for hydroxylation is 1. The second kappa shape index (κ2) is 6.14. The number of rotatable bonds is 4. The van der Waals surface area contributed by atoms with Gasteiger partial charge in [0.2, 0.25) is 5.91 Å². The van der Waals surface area contributed by atoms with Crippen molar-refractivity contribution in [1.29, 1.82) is 0 Å². The highest BCUT2D eigenvalue weighted by Gasteiger charge is 2.49. The molecule has 1 aliphatic carbocycles. The number of amides is 2. The number of nitrogens with zero attached hydrogens (tertiary/aromatic N) is 3. The minimum Gasteiger partial charge on any atom is -0.368 e. The molecule has 0 unspecified atom stereocenters. The number of alkyl halides is 2. The van der Waals surface area contributed by atoms with E-state index in [9.17, 15) is 18.4 Å². The highest BCUT2D eigenvalue weighted by Crippen LogP contribution is 2.45. The van der Waals surface area contributed by atoms with Crippen LogP contribution in [0.3, 0.4) is 0 Å². The molecule has 1 saturated carbocycles. The average Bonchev–Trinajstić information content (AvgIpc) is 3.29. The average molecular weight is 374 g/mol. The molecule has 2 amide bonds. The maximum atomic E-state index is 13.8.